The van der Waals surface area contributed by atoms with E-state index >= 15 is 0 Å². The van der Waals surface area contributed by atoms with E-state index in [9.17, 15) is 14.3 Å². The van der Waals surface area contributed by atoms with Gasteiger partial charge in [-0.05, 0) is 36.3 Å². The maximum absolute atomic E-state index is 12.8. The lowest BCUT2D eigenvalue weighted by molar-refractivity contribution is -0.117. The second-order valence-corrected chi connectivity index (χ2v) is 5.24. The maximum Gasteiger partial charge on any atom is 0.244 e. The smallest absolute Gasteiger partial charge is 0.244 e. The van der Waals surface area contributed by atoms with Gasteiger partial charge in [-0.2, -0.15) is 0 Å². The van der Waals surface area contributed by atoms with Crippen molar-refractivity contribution in [3.05, 3.63) is 77.6 Å². The average molecular weight is 299 g/mol. The van der Waals surface area contributed by atoms with Crippen LogP contribution in [-0.2, 0) is 10.4 Å². The summed E-state index contributed by atoms with van der Waals surface area (Å²) in [6, 6.07) is 15.0. The highest BCUT2D eigenvalue weighted by Crippen LogP contribution is 2.18. The summed E-state index contributed by atoms with van der Waals surface area (Å²) in [7, 11) is 0. The third kappa shape index (κ3) is 4.53. The molecule has 3 nitrogen and oxygen atoms in total. The van der Waals surface area contributed by atoms with Crippen molar-refractivity contribution in [2.75, 3.05) is 6.54 Å². The number of carbonyl (C=O) groups excluding carboxylic acids is 1. The van der Waals surface area contributed by atoms with Gasteiger partial charge in [0, 0.05) is 6.08 Å². The lowest BCUT2D eigenvalue weighted by Crippen LogP contribution is -2.37. The fraction of sp³-hybridized carbons (Fsp3) is 0.167. The van der Waals surface area contributed by atoms with E-state index in [1.165, 1.54) is 18.2 Å². The Kier molecular flexibility index (Phi) is 5.07. The van der Waals surface area contributed by atoms with Crippen molar-refractivity contribution < 1.29 is 14.3 Å². The Morgan fingerprint density at radius 3 is 2.45 bits per heavy atom. The normalized spacial score (nSPS) is 13.8. The Bertz CT molecular complexity index is 649. The molecule has 1 amide bonds. The molecule has 0 saturated carbocycles. The van der Waals surface area contributed by atoms with Gasteiger partial charge in [0.25, 0.3) is 0 Å². The minimum atomic E-state index is -1.14. The summed E-state index contributed by atoms with van der Waals surface area (Å²) >= 11 is 0. The van der Waals surface area contributed by atoms with Crippen molar-refractivity contribution in [3.8, 4) is 0 Å². The summed E-state index contributed by atoms with van der Waals surface area (Å²) in [6.07, 6.45) is 2.94. The molecule has 0 fully saturated rings. The zero-order valence-corrected chi connectivity index (χ0v) is 12.3. The van der Waals surface area contributed by atoms with Crippen molar-refractivity contribution in [2.45, 2.75) is 12.5 Å². The molecule has 1 unspecified atom stereocenters. The third-order valence-electron chi connectivity index (χ3n) is 3.30. The first-order valence-electron chi connectivity index (χ1n) is 6.97. The molecule has 22 heavy (non-hydrogen) atoms. The largest absolute Gasteiger partial charge is 0.384 e. The van der Waals surface area contributed by atoms with Crippen LogP contribution in [0.5, 0.6) is 0 Å². The van der Waals surface area contributed by atoms with Crippen molar-refractivity contribution in [1.82, 2.24) is 5.32 Å². The van der Waals surface area contributed by atoms with Gasteiger partial charge in [-0.1, -0.05) is 42.5 Å². The average Bonchev–Trinajstić information content (AvgIpc) is 2.53. The SMILES string of the molecule is CC(O)(CNC(=O)C=Cc1ccc(F)cc1)c1ccccc1. The molecule has 4 heteroatoms. The van der Waals surface area contributed by atoms with Crippen molar-refractivity contribution in [3.63, 3.8) is 0 Å². The molecule has 0 bridgehead atoms. The lowest BCUT2D eigenvalue weighted by atomic mass is 9.96. The number of amides is 1. The van der Waals surface area contributed by atoms with E-state index in [1.807, 2.05) is 18.2 Å². The molecule has 0 aliphatic heterocycles. The summed E-state index contributed by atoms with van der Waals surface area (Å²) in [5.74, 6) is -0.638. The minimum absolute atomic E-state index is 0.101. The van der Waals surface area contributed by atoms with Crippen LogP contribution >= 0.6 is 0 Å². The number of nitrogens with one attached hydrogen (secondary N) is 1. The van der Waals surface area contributed by atoms with Gasteiger partial charge in [0.05, 0.1) is 6.54 Å². The molecule has 2 aromatic carbocycles. The first-order valence-corrected chi connectivity index (χ1v) is 6.97. The molecule has 2 aromatic rings. The van der Waals surface area contributed by atoms with Crippen molar-refractivity contribution in [1.29, 1.82) is 0 Å². The molecule has 114 valence electrons. The summed E-state index contributed by atoms with van der Waals surface area (Å²) in [6.45, 7) is 1.75. The van der Waals surface area contributed by atoms with Crippen LogP contribution in [0.25, 0.3) is 6.08 Å². The van der Waals surface area contributed by atoms with E-state index in [4.69, 9.17) is 0 Å². The fourth-order valence-corrected chi connectivity index (χ4v) is 1.96. The molecule has 0 aromatic heterocycles. The summed E-state index contributed by atoms with van der Waals surface area (Å²) in [4.78, 5) is 11.8. The standard InChI is InChI=1S/C18H18FNO2/c1-18(22,15-5-3-2-4-6-15)13-20-17(21)12-9-14-7-10-16(19)11-8-14/h2-12,22H,13H2,1H3,(H,20,21). The number of rotatable bonds is 5. The summed E-state index contributed by atoms with van der Waals surface area (Å²) in [5, 5.41) is 13.0. The molecule has 0 heterocycles. The highest BCUT2D eigenvalue weighted by atomic mass is 19.1. The van der Waals surface area contributed by atoms with E-state index in [-0.39, 0.29) is 18.3 Å². The molecule has 2 N–H and O–H groups in total. The van der Waals surface area contributed by atoms with Crippen molar-refractivity contribution >= 4 is 12.0 Å². The number of halogens is 1. The Balaban J connectivity index is 1.91. The molecule has 0 spiro atoms. The third-order valence-corrected chi connectivity index (χ3v) is 3.30. The highest BCUT2D eigenvalue weighted by Gasteiger charge is 2.22. The molecule has 0 aliphatic carbocycles. The number of hydrogen-bond acceptors (Lipinski definition) is 2. The topological polar surface area (TPSA) is 49.3 Å². The van der Waals surface area contributed by atoms with Crippen LogP contribution in [0.15, 0.2) is 60.7 Å². The Morgan fingerprint density at radius 1 is 1.18 bits per heavy atom. The molecule has 0 radical (unpaired) electrons. The minimum Gasteiger partial charge on any atom is -0.384 e. The van der Waals surface area contributed by atoms with Gasteiger partial charge >= 0.3 is 0 Å². The van der Waals surface area contributed by atoms with Gasteiger partial charge in [-0.3, -0.25) is 4.79 Å². The van der Waals surface area contributed by atoms with Gasteiger partial charge in [0.2, 0.25) is 5.91 Å². The molecule has 0 aliphatic rings. The maximum atomic E-state index is 12.8. The van der Waals surface area contributed by atoms with Gasteiger partial charge in [-0.25, -0.2) is 4.39 Å². The molecule has 0 saturated heterocycles. The zero-order valence-electron chi connectivity index (χ0n) is 12.3. The van der Waals surface area contributed by atoms with Gasteiger partial charge in [-0.15, -0.1) is 0 Å². The molecule has 1 atom stereocenters. The lowest BCUT2D eigenvalue weighted by Gasteiger charge is -2.23. The van der Waals surface area contributed by atoms with Crippen molar-refractivity contribution in [2.24, 2.45) is 0 Å². The van der Waals surface area contributed by atoms with E-state index in [0.717, 1.165) is 11.1 Å². The van der Waals surface area contributed by atoms with E-state index in [2.05, 4.69) is 5.32 Å². The second-order valence-electron chi connectivity index (χ2n) is 5.24. The predicted molar refractivity (Wildman–Crippen MR) is 84.5 cm³/mol. The van der Waals surface area contributed by atoms with Crippen LogP contribution in [0, 0.1) is 5.82 Å². The van der Waals surface area contributed by atoms with Crippen LogP contribution in [0.2, 0.25) is 0 Å². The van der Waals surface area contributed by atoms with Crippen LogP contribution in [0.1, 0.15) is 18.1 Å². The van der Waals surface area contributed by atoms with Gasteiger partial charge < -0.3 is 10.4 Å². The number of benzene rings is 2. The number of carbonyl (C=O) groups is 1. The Hall–Kier alpha value is -2.46. The number of aliphatic hydroxyl groups is 1. The second kappa shape index (κ2) is 7.00. The first-order chi connectivity index (χ1) is 10.5. The van der Waals surface area contributed by atoms with Crippen LogP contribution < -0.4 is 5.32 Å². The highest BCUT2D eigenvalue weighted by molar-refractivity contribution is 5.91. The monoisotopic (exact) mass is 299 g/mol. The molecular weight excluding hydrogens is 281 g/mol. The summed E-state index contributed by atoms with van der Waals surface area (Å²) in [5.41, 5.74) is 0.324. The van der Waals surface area contributed by atoms with Gasteiger partial charge in [0.15, 0.2) is 0 Å². The fourth-order valence-electron chi connectivity index (χ4n) is 1.96. The quantitative estimate of drug-likeness (QED) is 0.834. The molecular formula is C18H18FNO2. The number of hydrogen-bond donors (Lipinski definition) is 2. The van der Waals surface area contributed by atoms with Gasteiger partial charge in [0.1, 0.15) is 11.4 Å². The van der Waals surface area contributed by atoms with Crippen LogP contribution in [0.3, 0.4) is 0 Å². The van der Waals surface area contributed by atoms with E-state index < -0.39 is 5.60 Å². The van der Waals surface area contributed by atoms with E-state index in [1.54, 1.807) is 37.3 Å². The van der Waals surface area contributed by atoms with E-state index in [0.29, 0.717) is 0 Å². The zero-order chi connectivity index (χ0) is 16.0. The Morgan fingerprint density at radius 2 is 1.82 bits per heavy atom. The Labute approximate surface area is 129 Å². The van der Waals surface area contributed by atoms with Crippen LogP contribution in [0.4, 0.5) is 4.39 Å². The molecule has 2 rings (SSSR count). The van der Waals surface area contributed by atoms with Crippen LogP contribution in [-0.4, -0.2) is 17.6 Å². The first kappa shape index (κ1) is 15.9. The summed E-state index contributed by atoms with van der Waals surface area (Å²) < 4.78 is 12.8. The predicted octanol–water partition coefficient (Wildman–Crippen LogP) is 2.86.